The Morgan fingerprint density at radius 1 is 1.42 bits per heavy atom. The van der Waals surface area contributed by atoms with E-state index >= 15 is 0 Å². The molecule has 2 atom stereocenters. The van der Waals surface area contributed by atoms with Crippen molar-refractivity contribution in [3.8, 4) is 0 Å². The molecule has 3 N–H and O–H groups in total. The van der Waals surface area contributed by atoms with Gasteiger partial charge in [-0.2, -0.15) is 0 Å². The Balaban J connectivity index is 2.14. The summed E-state index contributed by atoms with van der Waals surface area (Å²) in [6, 6.07) is -0.847. The van der Waals surface area contributed by atoms with E-state index in [0.717, 1.165) is 0 Å². The van der Waals surface area contributed by atoms with Gasteiger partial charge in [0.1, 0.15) is 6.04 Å². The molecule has 7 heteroatoms. The molecule has 0 aliphatic carbocycles. The fourth-order valence-electron chi connectivity index (χ4n) is 2.66. The highest BCUT2D eigenvalue weighted by molar-refractivity contribution is 5.90. The summed E-state index contributed by atoms with van der Waals surface area (Å²) in [6.45, 7) is 1.15. The molecule has 2 saturated heterocycles. The number of carbonyl (C=O) groups excluding carboxylic acids is 1. The molecule has 0 spiro atoms. The topological polar surface area (TPSA) is 102 Å². The highest BCUT2D eigenvalue weighted by atomic mass is 16.5. The van der Waals surface area contributed by atoms with E-state index in [4.69, 9.17) is 15.2 Å². The van der Waals surface area contributed by atoms with E-state index < -0.39 is 17.6 Å². The van der Waals surface area contributed by atoms with Crippen LogP contribution in [0, 0.1) is 0 Å². The standard InChI is InChI=1S/C12H20N2O5/c1-18-8-6-9(10(15)16)14(7-8)11(17)12(13)2-4-19-5-3-12/h8-9H,2-7,13H2,1H3,(H,15,16). The third kappa shape index (κ3) is 2.72. The van der Waals surface area contributed by atoms with Gasteiger partial charge in [0.2, 0.25) is 5.91 Å². The smallest absolute Gasteiger partial charge is 0.326 e. The molecule has 0 aromatic heterocycles. The molecular formula is C12H20N2O5. The maximum absolute atomic E-state index is 12.5. The van der Waals surface area contributed by atoms with Gasteiger partial charge in [0.25, 0.3) is 0 Å². The number of hydrogen-bond acceptors (Lipinski definition) is 5. The average molecular weight is 272 g/mol. The van der Waals surface area contributed by atoms with Gasteiger partial charge in [-0.25, -0.2) is 4.79 Å². The van der Waals surface area contributed by atoms with Gasteiger partial charge in [0.05, 0.1) is 11.6 Å². The van der Waals surface area contributed by atoms with Crippen LogP contribution in [0.15, 0.2) is 0 Å². The van der Waals surface area contributed by atoms with Crippen molar-refractivity contribution in [2.45, 2.75) is 36.9 Å². The minimum Gasteiger partial charge on any atom is -0.480 e. The van der Waals surface area contributed by atoms with Crippen LogP contribution in [0.5, 0.6) is 0 Å². The Morgan fingerprint density at radius 2 is 2.05 bits per heavy atom. The SMILES string of the molecule is COC1CC(C(=O)O)N(C(=O)C2(N)CCOCC2)C1. The molecule has 108 valence electrons. The molecule has 0 saturated carbocycles. The summed E-state index contributed by atoms with van der Waals surface area (Å²) in [6.07, 6.45) is 0.913. The highest BCUT2D eigenvalue weighted by Gasteiger charge is 2.47. The van der Waals surface area contributed by atoms with Crippen molar-refractivity contribution in [2.24, 2.45) is 5.73 Å². The summed E-state index contributed by atoms with van der Waals surface area (Å²) in [5, 5.41) is 9.21. The van der Waals surface area contributed by atoms with Crippen LogP contribution in [0.1, 0.15) is 19.3 Å². The molecule has 2 heterocycles. The van der Waals surface area contributed by atoms with E-state index in [-0.39, 0.29) is 18.6 Å². The first kappa shape index (κ1) is 14.2. The highest BCUT2D eigenvalue weighted by Crippen LogP contribution is 2.27. The van der Waals surface area contributed by atoms with Crippen molar-refractivity contribution in [2.75, 3.05) is 26.9 Å². The van der Waals surface area contributed by atoms with E-state index in [2.05, 4.69) is 0 Å². The third-order valence-corrected chi connectivity index (χ3v) is 3.95. The lowest BCUT2D eigenvalue weighted by Crippen LogP contribution is -2.59. The Labute approximate surface area is 111 Å². The molecule has 7 nitrogen and oxygen atoms in total. The zero-order valence-corrected chi connectivity index (χ0v) is 11.0. The number of ether oxygens (including phenoxy) is 2. The van der Waals surface area contributed by atoms with Gasteiger partial charge in [-0.05, 0) is 12.8 Å². The molecule has 2 rings (SSSR count). The lowest BCUT2D eigenvalue weighted by atomic mass is 9.89. The monoisotopic (exact) mass is 272 g/mol. The third-order valence-electron chi connectivity index (χ3n) is 3.95. The maximum Gasteiger partial charge on any atom is 0.326 e. The molecule has 2 aliphatic heterocycles. The van der Waals surface area contributed by atoms with E-state index in [1.807, 2.05) is 0 Å². The van der Waals surface area contributed by atoms with Crippen LogP contribution in [0.3, 0.4) is 0 Å². The normalized spacial score (nSPS) is 30.3. The molecule has 0 aromatic rings. The Hall–Kier alpha value is -1.18. The van der Waals surface area contributed by atoms with Gasteiger partial charge in [-0.15, -0.1) is 0 Å². The van der Waals surface area contributed by atoms with Crippen molar-refractivity contribution in [1.82, 2.24) is 4.90 Å². The van der Waals surface area contributed by atoms with Gasteiger partial charge >= 0.3 is 5.97 Å². The first-order chi connectivity index (χ1) is 8.98. The van der Waals surface area contributed by atoms with Crippen molar-refractivity contribution in [3.05, 3.63) is 0 Å². The number of aliphatic carboxylic acids is 1. The zero-order valence-electron chi connectivity index (χ0n) is 11.0. The fourth-order valence-corrected chi connectivity index (χ4v) is 2.66. The molecule has 0 bridgehead atoms. The van der Waals surface area contributed by atoms with Crippen molar-refractivity contribution in [1.29, 1.82) is 0 Å². The molecule has 2 unspecified atom stereocenters. The predicted molar refractivity (Wildman–Crippen MR) is 65.5 cm³/mol. The van der Waals surface area contributed by atoms with Crippen LogP contribution in [-0.4, -0.2) is 66.4 Å². The molecule has 2 fully saturated rings. The summed E-state index contributed by atoms with van der Waals surface area (Å²) >= 11 is 0. The van der Waals surface area contributed by atoms with Crippen LogP contribution >= 0.6 is 0 Å². The number of carboxylic acid groups (broad SMARTS) is 1. The zero-order chi connectivity index (χ0) is 14.0. The summed E-state index contributed by atoms with van der Waals surface area (Å²) in [5.41, 5.74) is 5.12. The van der Waals surface area contributed by atoms with Crippen LogP contribution in [0.2, 0.25) is 0 Å². The second-order valence-corrected chi connectivity index (χ2v) is 5.17. The number of nitrogens with zero attached hydrogens (tertiary/aromatic N) is 1. The second kappa shape index (κ2) is 5.44. The van der Waals surface area contributed by atoms with E-state index in [1.165, 1.54) is 12.0 Å². The first-order valence-electron chi connectivity index (χ1n) is 6.41. The number of carbonyl (C=O) groups is 2. The average Bonchev–Trinajstić information content (AvgIpc) is 2.83. The number of methoxy groups -OCH3 is 1. The molecule has 19 heavy (non-hydrogen) atoms. The van der Waals surface area contributed by atoms with Gasteiger partial charge in [-0.3, -0.25) is 4.79 Å². The Morgan fingerprint density at radius 3 is 2.58 bits per heavy atom. The molecule has 0 radical (unpaired) electrons. The number of carboxylic acids is 1. The number of likely N-dealkylation sites (tertiary alicyclic amines) is 1. The molecular weight excluding hydrogens is 252 g/mol. The second-order valence-electron chi connectivity index (χ2n) is 5.17. The predicted octanol–water partition coefficient (Wildman–Crippen LogP) is -0.805. The van der Waals surface area contributed by atoms with Crippen molar-refractivity contribution in [3.63, 3.8) is 0 Å². The minimum atomic E-state index is -1.01. The lowest BCUT2D eigenvalue weighted by Gasteiger charge is -2.36. The van der Waals surface area contributed by atoms with Crippen LogP contribution in [0.25, 0.3) is 0 Å². The lowest BCUT2D eigenvalue weighted by molar-refractivity contribution is -0.152. The summed E-state index contributed by atoms with van der Waals surface area (Å²) in [5.74, 6) is -1.31. The maximum atomic E-state index is 12.5. The van der Waals surface area contributed by atoms with E-state index in [0.29, 0.717) is 32.5 Å². The molecule has 1 amide bonds. The first-order valence-corrected chi connectivity index (χ1v) is 6.41. The van der Waals surface area contributed by atoms with Crippen LogP contribution in [0.4, 0.5) is 0 Å². The minimum absolute atomic E-state index is 0.242. The van der Waals surface area contributed by atoms with Gasteiger partial charge in [0.15, 0.2) is 0 Å². The summed E-state index contributed by atoms with van der Waals surface area (Å²) in [7, 11) is 1.52. The van der Waals surface area contributed by atoms with E-state index in [1.54, 1.807) is 0 Å². The molecule has 2 aliphatic rings. The summed E-state index contributed by atoms with van der Waals surface area (Å²) in [4.78, 5) is 25.1. The van der Waals surface area contributed by atoms with Crippen molar-refractivity contribution < 1.29 is 24.2 Å². The van der Waals surface area contributed by atoms with Crippen molar-refractivity contribution >= 4 is 11.9 Å². The number of hydrogen-bond donors (Lipinski definition) is 2. The quantitative estimate of drug-likeness (QED) is 0.697. The van der Waals surface area contributed by atoms with Gasteiger partial charge in [-0.1, -0.05) is 0 Å². The Kier molecular flexibility index (Phi) is 4.07. The molecule has 0 aromatic carbocycles. The number of nitrogens with two attached hydrogens (primary N) is 1. The summed E-state index contributed by atoms with van der Waals surface area (Å²) < 4.78 is 10.4. The van der Waals surface area contributed by atoms with Crippen LogP contribution in [-0.2, 0) is 19.1 Å². The number of amides is 1. The largest absolute Gasteiger partial charge is 0.480 e. The Bertz CT molecular complexity index is 367. The van der Waals surface area contributed by atoms with Crippen LogP contribution < -0.4 is 5.73 Å². The fraction of sp³-hybridized carbons (Fsp3) is 0.833. The number of rotatable bonds is 3. The van der Waals surface area contributed by atoms with Gasteiger partial charge in [0, 0.05) is 33.3 Å². The van der Waals surface area contributed by atoms with E-state index in [9.17, 15) is 14.7 Å². The van der Waals surface area contributed by atoms with Gasteiger partial charge < -0.3 is 25.2 Å².